The maximum Gasteiger partial charge on any atom is 0.252 e. The molecule has 9 nitrogen and oxygen atoms in total. The van der Waals surface area contributed by atoms with E-state index in [1.165, 1.54) is 34.9 Å². The number of methoxy groups -OCH3 is 3. The third kappa shape index (κ3) is 4.93. The van der Waals surface area contributed by atoms with E-state index in [1.54, 1.807) is 26.4 Å². The number of aromatic nitrogens is 1. The molecule has 1 aliphatic heterocycles. The Kier molecular flexibility index (Phi) is 7.48. The average Bonchev–Trinajstić information content (AvgIpc) is 3.23. The number of piperidine rings is 1. The lowest BCUT2D eigenvalue weighted by Crippen LogP contribution is -2.42. The SMILES string of the molecule is CCn1c(=NC(=O)C2CCCN(S(=O)(=O)c3ccc(OC)cc3)C2)sc2cc(OC)c(OC)cc21. The Morgan fingerprint density at radius 3 is 2.40 bits per heavy atom. The monoisotopic (exact) mass is 519 g/mol. The van der Waals surface area contributed by atoms with Crippen LogP contribution in [0.5, 0.6) is 17.2 Å². The van der Waals surface area contributed by atoms with Gasteiger partial charge in [0, 0.05) is 31.8 Å². The summed E-state index contributed by atoms with van der Waals surface area (Å²) < 4.78 is 46.5. The summed E-state index contributed by atoms with van der Waals surface area (Å²) in [6, 6.07) is 10.0. The Labute approximate surface area is 208 Å². The van der Waals surface area contributed by atoms with E-state index in [2.05, 4.69) is 4.99 Å². The van der Waals surface area contributed by atoms with E-state index in [-0.39, 0.29) is 17.3 Å². The molecule has 1 aliphatic rings. The van der Waals surface area contributed by atoms with Gasteiger partial charge >= 0.3 is 0 Å². The average molecular weight is 520 g/mol. The lowest BCUT2D eigenvalue weighted by Gasteiger charge is -2.30. The summed E-state index contributed by atoms with van der Waals surface area (Å²) in [4.78, 5) is 18.4. The van der Waals surface area contributed by atoms with E-state index in [4.69, 9.17) is 14.2 Å². The number of thiazole rings is 1. The fourth-order valence-corrected chi connectivity index (χ4v) is 6.87. The first kappa shape index (κ1) is 25.2. The topological polar surface area (TPSA) is 99.4 Å². The molecule has 35 heavy (non-hydrogen) atoms. The molecule has 1 amide bonds. The summed E-state index contributed by atoms with van der Waals surface area (Å²) in [7, 11) is 0.963. The molecule has 0 spiro atoms. The van der Waals surface area contributed by atoms with Gasteiger partial charge in [-0.3, -0.25) is 4.79 Å². The smallest absolute Gasteiger partial charge is 0.252 e. The Morgan fingerprint density at radius 1 is 1.09 bits per heavy atom. The van der Waals surface area contributed by atoms with Crippen molar-refractivity contribution in [1.29, 1.82) is 0 Å². The highest BCUT2D eigenvalue weighted by atomic mass is 32.2. The first-order valence-electron chi connectivity index (χ1n) is 11.3. The Balaban J connectivity index is 1.62. The normalized spacial score (nSPS) is 17.5. The highest BCUT2D eigenvalue weighted by molar-refractivity contribution is 7.89. The van der Waals surface area contributed by atoms with Crippen molar-refractivity contribution in [3.8, 4) is 17.2 Å². The molecule has 1 fully saturated rings. The van der Waals surface area contributed by atoms with Crippen LogP contribution in [0, 0.1) is 5.92 Å². The van der Waals surface area contributed by atoms with Crippen LogP contribution < -0.4 is 19.0 Å². The molecule has 1 saturated heterocycles. The van der Waals surface area contributed by atoms with Gasteiger partial charge in [-0.2, -0.15) is 9.30 Å². The van der Waals surface area contributed by atoms with Crippen LogP contribution in [0.1, 0.15) is 19.8 Å². The molecule has 2 heterocycles. The van der Waals surface area contributed by atoms with Crippen LogP contribution in [-0.2, 0) is 21.4 Å². The molecule has 2 aromatic carbocycles. The summed E-state index contributed by atoms with van der Waals surface area (Å²) >= 11 is 1.39. The predicted octanol–water partition coefficient (Wildman–Crippen LogP) is 3.28. The number of nitrogens with zero attached hydrogens (tertiary/aromatic N) is 3. The molecule has 0 N–H and O–H groups in total. The molecule has 0 bridgehead atoms. The van der Waals surface area contributed by atoms with Gasteiger partial charge in [0.1, 0.15) is 5.75 Å². The number of aryl methyl sites for hydroxylation is 1. The Bertz CT molecular complexity index is 1390. The van der Waals surface area contributed by atoms with Gasteiger partial charge in [0.05, 0.1) is 42.4 Å². The van der Waals surface area contributed by atoms with Crippen molar-refractivity contribution >= 4 is 37.5 Å². The summed E-state index contributed by atoms with van der Waals surface area (Å²) in [5.74, 6) is 0.972. The van der Waals surface area contributed by atoms with E-state index < -0.39 is 15.9 Å². The van der Waals surface area contributed by atoms with E-state index in [9.17, 15) is 13.2 Å². The van der Waals surface area contributed by atoms with Gasteiger partial charge in [-0.15, -0.1) is 0 Å². The highest BCUT2D eigenvalue weighted by Crippen LogP contribution is 2.33. The summed E-state index contributed by atoms with van der Waals surface area (Å²) in [6.07, 6.45) is 1.19. The predicted molar refractivity (Wildman–Crippen MR) is 134 cm³/mol. The zero-order chi connectivity index (χ0) is 25.2. The number of rotatable bonds is 7. The number of amides is 1. The van der Waals surface area contributed by atoms with Crippen LogP contribution in [0.25, 0.3) is 10.2 Å². The van der Waals surface area contributed by atoms with Gasteiger partial charge in [0.15, 0.2) is 16.3 Å². The number of ether oxygens (including phenoxy) is 3. The summed E-state index contributed by atoms with van der Waals surface area (Å²) in [5.41, 5.74) is 0.897. The molecule has 1 atom stereocenters. The van der Waals surface area contributed by atoms with Crippen LogP contribution in [0.15, 0.2) is 46.3 Å². The largest absolute Gasteiger partial charge is 0.497 e. The van der Waals surface area contributed by atoms with Crippen LogP contribution in [0.3, 0.4) is 0 Å². The van der Waals surface area contributed by atoms with Crippen molar-refractivity contribution < 1.29 is 27.4 Å². The Hall–Kier alpha value is -2.89. The van der Waals surface area contributed by atoms with E-state index >= 15 is 0 Å². The fraction of sp³-hybridized carbons (Fsp3) is 0.417. The first-order valence-corrected chi connectivity index (χ1v) is 13.6. The van der Waals surface area contributed by atoms with Crippen molar-refractivity contribution in [2.75, 3.05) is 34.4 Å². The molecule has 188 valence electrons. The third-order valence-electron chi connectivity index (χ3n) is 6.14. The number of sulfonamides is 1. The van der Waals surface area contributed by atoms with Gasteiger partial charge in [-0.05, 0) is 44.0 Å². The van der Waals surface area contributed by atoms with Crippen LogP contribution in [0.2, 0.25) is 0 Å². The molecule has 0 aliphatic carbocycles. The van der Waals surface area contributed by atoms with E-state index in [0.29, 0.717) is 48.0 Å². The second-order valence-electron chi connectivity index (χ2n) is 8.13. The van der Waals surface area contributed by atoms with Crippen molar-refractivity contribution in [1.82, 2.24) is 8.87 Å². The number of hydrogen-bond acceptors (Lipinski definition) is 7. The summed E-state index contributed by atoms with van der Waals surface area (Å²) in [6.45, 7) is 3.07. The minimum Gasteiger partial charge on any atom is -0.497 e. The highest BCUT2D eigenvalue weighted by Gasteiger charge is 2.33. The molecule has 3 aromatic rings. The van der Waals surface area contributed by atoms with Gasteiger partial charge in [0.2, 0.25) is 10.0 Å². The quantitative estimate of drug-likeness (QED) is 0.475. The second kappa shape index (κ2) is 10.4. The standard InChI is InChI=1S/C24H29N3O6S2/c1-5-27-19-13-20(32-3)21(33-4)14-22(19)34-24(27)25-23(28)16-7-6-12-26(15-16)35(29,30)18-10-8-17(31-2)9-11-18/h8-11,13-14,16H,5-7,12,15H2,1-4H3. The van der Waals surface area contributed by atoms with Gasteiger partial charge in [-0.1, -0.05) is 11.3 Å². The van der Waals surface area contributed by atoms with Crippen LogP contribution in [0.4, 0.5) is 0 Å². The van der Waals surface area contributed by atoms with Gasteiger partial charge in [0.25, 0.3) is 5.91 Å². The lowest BCUT2D eigenvalue weighted by atomic mass is 9.99. The molecular formula is C24H29N3O6S2. The Morgan fingerprint density at radius 2 is 1.77 bits per heavy atom. The first-order chi connectivity index (χ1) is 16.8. The van der Waals surface area contributed by atoms with Crippen molar-refractivity contribution in [2.45, 2.75) is 31.2 Å². The fourth-order valence-electron chi connectivity index (χ4n) is 4.23. The van der Waals surface area contributed by atoms with Crippen molar-refractivity contribution in [3.63, 3.8) is 0 Å². The molecule has 1 aromatic heterocycles. The van der Waals surface area contributed by atoms with E-state index in [0.717, 1.165) is 10.2 Å². The maximum atomic E-state index is 13.2. The maximum absolute atomic E-state index is 13.2. The third-order valence-corrected chi connectivity index (χ3v) is 9.06. The zero-order valence-corrected chi connectivity index (χ0v) is 21.8. The van der Waals surface area contributed by atoms with Crippen LogP contribution in [-0.4, -0.2) is 57.6 Å². The lowest BCUT2D eigenvalue weighted by molar-refractivity contribution is -0.122. The molecule has 11 heteroatoms. The number of benzene rings is 2. The molecule has 0 saturated carbocycles. The second-order valence-corrected chi connectivity index (χ2v) is 11.1. The van der Waals surface area contributed by atoms with Crippen LogP contribution >= 0.6 is 11.3 Å². The molecule has 4 rings (SSSR count). The molecule has 0 radical (unpaired) electrons. The van der Waals surface area contributed by atoms with Crippen molar-refractivity contribution in [2.24, 2.45) is 10.9 Å². The number of fused-ring (bicyclic) bond motifs is 1. The number of carbonyl (C=O) groups is 1. The van der Waals surface area contributed by atoms with E-state index in [1.807, 2.05) is 23.6 Å². The molecular weight excluding hydrogens is 490 g/mol. The van der Waals surface area contributed by atoms with Gasteiger partial charge in [-0.25, -0.2) is 8.42 Å². The molecule has 1 unspecified atom stereocenters. The minimum absolute atomic E-state index is 0.107. The minimum atomic E-state index is -3.72. The number of carbonyl (C=O) groups excluding carboxylic acids is 1. The number of hydrogen-bond donors (Lipinski definition) is 0. The summed E-state index contributed by atoms with van der Waals surface area (Å²) in [5, 5.41) is 0. The zero-order valence-electron chi connectivity index (χ0n) is 20.2. The van der Waals surface area contributed by atoms with Crippen molar-refractivity contribution in [3.05, 3.63) is 41.2 Å². The van der Waals surface area contributed by atoms with Gasteiger partial charge < -0.3 is 18.8 Å².